The topological polar surface area (TPSA) is 79.0 Å². The van der Waals surface area contributed by atoms with Gasteiger partial charge in [-0.3, -0.25) is 10.1 Å². The SMILES string of the molecule is N#Cc1ccc(NCc2cc(F)ccc2[N+](=O)[O-])c(F)c1. The summed E-state index contributed by atoms with van der Waals surface area (Å²) >= 11 is 0. The molecule has 0 aliphatic heterocycles. The van der Waals surface area contributed by atoms with E-state index >= 15 is 0 Å². The van der Waals surface area contributed by atoms with Crippen LogP contribution in [0.2, 0.25) is 0 Å². The van der Waals surface area contributed by atoms with E-state index in [0.29, 0.717) is 0 Å². The second-order valence-corrected chi connectivity index (χ2v) is 4.19. The molecule has 0 bridgehead atoms. The largest absolute Gasteiger partial charge is 0.378 e. The molecular formula is C14H9F2N3O2. The zero-order valence-electron chi connectivity index (χ0n) is 10.6. The molecule has 1 N–H and O–H groups in total. The lowest BCUT2D eigenvalue weighted by Gasteiger charge is -2.08. The number of anilines is 1. The molecule has 2 aromatic rings. The minimum Gasteiger partial charge on any atom is -0.378 e. The summed E-state index contributed by atoms with van der Waals surface area (Å²) in [6, 6.07) is 8.66. The molecule has 106 valence electrons. The molecule has 0 unspecified atom stereocenters. The number of rotatable bonds is 4. The van der Waals surface area contributed by atoms with Crippen LogP contribution >= 0.6 is 0 Å². The first kappa shape index (κ1) is 14.4. The molecule has 0 saturated heterocycles. The van der Waals surface area contributed by atoms with Crippen LogP contribution in [0.4, 0.5) is 20.2 Å². The Morgan fingerprint density at radius 1 is 1.24 bits per heavy atom. The van der Waals surface area contributed by atoms with Gasteiger partial charge in [-0.25, -0.2) is 8.78 Å². The van der Waals surface area contributed by atoms with Crippen molar-refractivity contribution in [3.63, 3.8) is 0 Å². The van der Waals surface area contributed by atoms with Gasteiger partial charge < -0.3 is 5.32 Å². The van der Waals surface area contributed by atoms with E-state index in [9.17, 15) is 18.9 Å². The first-order chi connectivity index (χ1) is 10.0. The summed E-state index contributed by atoms with van der Waals surface area (Å²) in [6.07, 6.45) is 0. The summed E-state index contributed by atoms with van der Waals surface area (Å²) in [5.41, 5.74) is 0.0871. The van der Waals surface area contributed by atoms with Crippen LogP contribution in [-0.4, -0.2) is 4.92 Å². The lowest BCUT2D eigenvalue weighted by Crippen LogP contribution is -2.05. The summed E-state index contributed by atoms with van der Waals surface area (Å²) in [4.78, 5) is 10.2. The average molecular weight is 289 g/mol. The van der Waals surface area contributed by atoms with E-state index in [2.05, 4.69) is 5.32 Å². The van der Waals surface area contributed by atoms with Crippen molar-refractivity contribution in [1.29, 1.82) is 5.26 Å². The van der Waals surface area contributed by atoms with Crippen LogP contribution in [-0.2, 0) is 6.54 Å². The zero-order valence-corrected chi connectivity index (χ0v) is 10.6. The Kier molecular flexibility index (Phi) is 4.09. The normalized spacial score (nSPS) is 9.95. The number of nitro groups is 1. The van der Waals surface area contributed by atoms with E-state index in [1.165, 1.54) is 12.1 Å². The number of nitro benzene ring substituents is 1. The maximum Gasteiger partial charge on any atom is 0.274 e. The second kappa shape index (κ2) is 5.96. The maximum atomic E-state index is 13.7. The molecule has 0 aliphatic carbocycles. The van der Waals surface area contributed by atoms with Crippen molar-refractivity contribution >= 4 is 11.4 Å². The van der Waals surface area contributed by atoms with Gasteiger partial charge in [-0.05, 0) is 30.3 Å². The number of hydrogen-bond donors (Lipinski definition) is 1. The van der Waals surface area contributed by atoms with E-state index in [1.807, 2.05) is 0 Å². The van der Waals surface area contributed by atoms with Crippen LogP contribution in [0.15, 0.2) is 36.4 Å². The molecule has 0 amide bonds. The molecular weight excluding hydrogens is 280 g/mol. The Morgan fingerprint density at radius 2 is 2.00 bits per heavy atom. The standard InChI is InChI=1S/C14H9F2N3O2/c15-11-2-4-14(19(20)21)10(6-11)8-18-13-3-1-9(7-17)5-12(13)16/h1-6,18H,8H2. The summed E-state index contributed by atoms with van der Waals surface area (Å²) in [6.45, 7) is -0.114. The zero-order chi connectivity index (χ0) is 15.4. The summed E-state index contributed by atoms with van der Waals surface area (Å²) < 4.78 is 26.8. The Hall–Kier alpha value is -3.01. The molecule has 7 heteroatoms. The fourth-order valence-electron chi connectivity index (χ4n) is 1.79. The lowest BCUT2D eigenvalue weighted by atomic mass is 10.1. The molecule has 21 heavy (non-hydrogen) atoms. The monoisotopic (exact) mass is 289 g/mol. The highest BCUT2D eigenvalue weighted by Gasteiger charge is 2.14. The Bertz CT molecular complexity index is 741. The molecule has 5 nitrogen and oxygen atoms in total. The van der Waals surface area contributed by atoms with Gasteiger partial charge >= 0.3 is 0 Å². The molecule has 0 aliphatic rings. The van der Waals surface area contributed by atoms with Crippen LogP contribution in [0.3, 0.4) is 0 Å². The minimum atomic E-state index is -0.659. The van der Waals surface area contributed by atoms with E-state index in [4.69, 9.17) is 5.26 Å². The minimum absolute atomic E-state index is 0.0764. The lowest BCUT2D eigenvalue weighted by molar-refractivity contribution is -0.385. The average Bonchev–Trinajstić information content (AvgIpc) is 2.45. The van der Waals surface area contributed by atoms with Crippen LogP contribution in [0.5, 0.6) is 0 Å². The van der Waals surface area contributed by atoms with E-state index in [1.54, 1.807) is 6.07 Å². The molecule has 2 rings (SSSR count). The molecule has 0 radical (unpaired) electrons. The van der Waals surface area contributed by atoms with Crippen molar-refractivity contribution in [3.05, 3.63) is 69.3 Å². The van der Waals surface area contributed by atoms with Gasteiger partial charge in [-0.1, -0.05) is 0 Å². The Balaban J connectivity index is 2.22. The number of nitrogens with one attached hydrogen (secondary N) is 1. The molecule has 0 fully saturated rings. The van der Waals surface area contributed by atoms with Crippen molar-refractivity contribution in [2.45, 2.75) is 6.54 Å². The third-order valence-electron chi connectivity index (χ3n) is 2.81. The Labute approximate surface area is 118 Å². The number of nitriles is 1. The van der Waals surface area contributed by atoms with E-state index < -0.39 is 16.6 Å². The molecule has 0 saturated carbocycles. The van der Waals surface area contributed by atoms with Crippen LogP contribution in [0.1, 0.15) is 11.1 Å². The fourth-order valence-corrected chi connectivity index (χ4v) is 1.79. The summed E-state index contributed by atoms with van der Waals surface area (Å²) in [5, 5.41) is 22.1. The first-order valence-corrected chi connectivity index (χ1v) is 5.87. The molecule has 2 aromatic carbocycles. The highest BCUT2D eigenvalue weighted by atomic mass is 19.1. The van der Waals surface area contributed by atoms with Crippen LogP contribution < -0.4 is 5.32 Å². The fraction of sp³-hybridized carbons (Fsp3) is 0.0714. The van der Waals surface area contributed by atoms with Gasteiger partial charge in [0.25, 0.3) is 5.69 Å². The van der Waals surface area contributed by atoms with Gasteiger partial charge in [0.05, 0.1) is 27.8 Å². The van der Waals surface area contributed by atoms with Gasteiger partial charge in [0.1, 0.15) is 11.6 Å². The summed E-state index contributed by atoms with van der Waals surface area (Å²) in [7, 11) is 0. The highest BCUT2D eigenvalue weighted by molar-refractivity contribution is 5.50. The van der Waals surface area contributed by atoms with Crippen LogP contribution in [0.25, 0.3) is 0 Å². The van der Waals surface area contributed by atoms with Crippen molar-refractivity contribution < 1.29 is 13.7 Å². The smallest absolute Gasteiger partial charge is 0.274 e. The van der Waals surface area contributed by atoms with Crippen molar-refractivity contribution in [2.75, 3.05) is 5.32 Å². The van der Waals surface area contributed by atoms with Crippen molar-refractivity contribution in [1.82, 2.24) is 0 Å². The number of hydrogen-bond acceptors (Lipinski definition) is 4. The van der Waals surface area contributed by atoms with Crippen molar-refractivity contribution in [2.24, 2.45) is 0 Å². The van der Waals surface area contributed by atoms with Gasteiger partial charge in [0, 0.05) is 12.6 Å². The molecule has 0 aromatic heterocycles. The molecule has 0 spiro atoms. The quantitative estimate of drug-likeness (QED) is 0.691. The number of nitrogens with zero attached hydrogens (tertiary/aromatic N) is 2. The predicted molar refractivity (Wildman–Crippen MR) is 71.5 cm³/mol. The van der Waals surface area contributed by atoms with Gasteiger partial charge in [-0.15, -0.1) is 0 Å². The Morgan fingerprint density at radius 3 is 2.62 bits per heavy atom. The molecule has 0 heterocycles. The van der Waals surface area contributed by atoms with E-state index in [0.717, 1.165) is 24.3 Å². The number of halogens is 2. The van der Waals surface area contributed by atoms with Gasteiger partial charge in [-0.2, -0.15) is 5.26 Å². The third kappa shape index (κ3) is 3.30. The van der Waals surface area contributed by atoms with Gasteiger partial charge in [0.2, 0.25) is 0 Å². The highest BCUT2D eigenvalue weighted by Crippen LogP contribution is 2.22. The third-order valence-corrected chi connectivity index (χ3v) is 2.81. The summed E-state index contributed by atoms with van der Waals surface area (Å²) in [5.74, 6) is -1.27. The van der Waals surface area contributed by atoms with Crippen molar-refractivity contribution in [3.8, 4) is 6.07 Å². The maximum absolute atomic E-state index is 13.7. The van der Waals surface area contributed by atoms with Crippen LogP contribution in [0, 0.1) is 33.1 Å². The predicted octanol–water partition coefficient (Wildman–Crippen LogP) is 3.36. The molecule has 0 atom stereocenters. The first-order valence-electron chi connectivity index (χ1n) is 5.87. The van der Waals surface area contributed by atoms with Gasteiger partial charge in [0.15, 0.2) is 0 Å². The second-order valence-electron chi connectivity index (χ2n) is 4.19. The number of benzene rings is 2. The van der Waals surface area contributed by atoms with E-state index in [-0.39, 0.29) is 29.0 Å².